The summed E-state index contributed by atoms with van der Waals surface area (Å²) < 4.78 is 29.3. The molecule has 15 nitrogen and oxygen atoms in total. The second-order valence-electron chi connectivity index (χ2n) is 14.0. The number of hydrogen-bond acceptors (Lipinski definition) is 14. The first-order chi connectivity index (χ1) is 25.2. The van der Waals surface area contributed by atoms with Crippen LogP contribution in [0.2, 0.25) is 0 Å². The van der Waals surface area contributed by atoms with Crippen molar-refractivity contribution in [2.24, 2.45) is 0 Å². The molecular formula is C37H45N5O10S. The Hall–Kier alpha value is -4.72. The number of fused-ring (bicyclic) bond motifs is 9. The number of carbonyl (C=O) groups is 4. The number of piperazine rings is 1. The molecule has 2 aromatic rings. The van der Waals surface area contributed by atoms with Gasteiger partial charge in [0.1, 0.15) is 24.4 Å². The van der Waals surface area contributed by atoms with Crippen LogP contribution in [0.25, 0.3) is 0 Å². The second kappa shape index (κ2) is 15.0. The number of rotatable bonds is 11. The summed E-state index contributed by atoms with van der Waals surface area (Å²) in [7, 11) is 3.44. The summed E-state index contributed by atoms with van der Waals surface area (Å²) in [6.07, 6.45) is 0.452. The third kappa shape index (κ3) is 6.48. The Bertz CT molecular complexity index is 1880. The summed E-state index contributed by atoms with van der Waals surface area (Å²) >= 11 is 1.48. The molecule has 2 aromatic carbocycles. The van der Waals surface area contributed by atoms with Crippen molar-refractivity contribution in [3.63, 3.8) is 0 Å². The van der Waals surface area contributed by atoms with E-state index in [-0.39, 0.29) is 42.8 Å². The van der Waals surface area contributed by atoms with E-state index in [1.165, 1.54) is 32.7 Å². The van der Waals surface area contributed by atoms with Crippen molar-refractivity contribution in [3.8, 4) is 34.8 Å². The fourth-order valence-corrected chi connectivity index (χ4v) is 10.1. The predicted molar refractivity (Wildman–Crippen MR) is 192 cm³/mol. The van der Waals surface area contributed by atoms with Crippen LogP contribution in [0.15, 0.2) is 6.07 Å². The summed E-state index contributed by atoms with van der Waals surface area (Å²) in [5.74, 6) is 0.495. The molecule has 0 saturated carbocycles. The number of hydrogen-bond donors (Lipinski definition) is 3. The first kappa shape index (κ1) is 38.0. The van der Waals surface area contributed by atoms with Gasteiger partial charge < -0.3 is 39.4 Å². The number of nitrogens with one attached hydrogen (secondary N) is 2. The highest BCUT2D eigenvalue weighted by atomic mass is 32.2. The number of phenolic OH excluding ortho intramolecular Hbond substituents is 1. The van der Waals surface area contributed by atoms with E-state index in [9.17, 15) is 29.5 Å². The van der Waals surface area contributed by atoms with Gasteiger partial charge in [-0.2, -0.15) is 5.26 Å². The molecular weight excluding hydrogens is 706 g/mol. The van der Waals surface area contributed by atoms with Crippen LogP contribution >= 0.6 is 11.8 Å². The van der Waals surface area contributed by atoms with E-state index in [1.54, 1.807) is 13.8 Å². The van der Waals surface area contributed by atoms with E-state index in [1.807, 2.05) is 27.0 Å². The minimum atomic E-state index is -0.761. The van der Waals surface area contributed by atoms with Gasteiger partial charge in [0.05, 0.1) is 30.5 Å². The van der Waals surface area contributed by atoms with Gasteiger partial charge in [0.15, 0.2) is 23.0 Å². The quantitative estimate of drug-likeness (QED) is 0.173. The lowest BCUT2D eigenvalue weighted by Gasteiger charge is -2.61. The molecule has 2 bridgehead atoms. The van der Waals surface area contributed by atoms with Crippen molar-refractivity contribution in [1.82, 2.24) is 20.4 Å². The van der Waals surface area contributed by atoms with Crippen molar-refractivity contribution in [3.05, 3.63) is 39.4 Å². The number of phenols is 1. The maximum Gasteiger partial charge on any atom is 0.308 e. The lowest BCUT2D eigenvalue weighted by atomic mass is 9.71. The number of aryl methyl sites for hydroxylation is 1. The fraction of sp³-hybridized carbons (Fsp3) is 0.541. The van der Waals surface area contributed by atoms with Crippen molar-refractivity contribution in [2.45, 2.75) is 95.5 Å². The minimum Gasteiger partial charge on any atom is -0.504 e. The Labute approximate surface area is 312 Å². The second-order valence-corrected chi connectivity index (χ2v) is 15.2. The summed E-state index contributed by atoms with van der Waals surface area (Å²) in [5.41, 5.74) is 4.01. The van der Waals surface area contributed by atoms with Gasteiger partial charge in [-0.3, -0.25) is 29.0 Å². The molecule has 6 rings (SSSR count). The summed E-state index contributed by atoms with van der Waals surface area (Å²) in [6, 6.07) is 0.447. The van der Waals surface area contributed by atoms with Crippen LogP contribution in [-0.2, 0) is 30.3 Å². The van der Waals surface area contributed by atoms with Crippen LogP contribution in [-0.4, -0.2) is 103 Å². The molecule has 2 unspecified atom stereocenters. The number of benzene rings is 2. The van der Waals surface area contributed by atoms with Gasteiger partial charge in [-0.1, -0.05) is 6.07 Å². The third-order valence-electron chi connectivity index (χ3n) is 10.6. The smallest absolute Gasteiger partial charge is 0.308 e. The Balaban J connectivity index is 1.60. The molecule has 16 heteroatoms. The van der Waals surface area contributed by atoms with Gasteiger partial charge >= 0.3 is 5.97 Å². The first-order valence-corrected chi connectivity index (χ1v) is 18.5. The zero-order valence-electron chi connectivity index (χ0n) is 31.0. The van der Waals surface area contributed by atoms with Crippen molar-refractivity contribution < 1.29 is 48.0 Å². The van der Waals surface area contributed by atoms with Gasteiger partial charge in [-0.15, -0.1) is 11.8 Å². The molecule has 0 aliphatic carbocycles. The molecule has 1 fully saturated rings. The van der Waals surface area contributed by atoms with Crippen molar-refractivity contribution in [1.29, 1.82) is 5.26 Å². The predicted octanol–water partition coefficient (Wildman–Crippen LogP) is 2.88. The topological polar surface area (TPSA) is 189 Å². The molecule has 53 heavy (non-hydrogen) atoms. The number of ether oxygens (including phenoxy) is 5. The van der Waals surface area contributed by atoms with Crippen molar-refractivity contribution in [2.75, 3.05) is 33.3 Å². The molecule has 0 aromatic heterocycles. The van der Waals surface area contributed by atoms with E-state index in [0.29, 0.717) is 58.1 Å². The van der Waals surface area contributed by atoms with Crippen LogP contribution in [0.5, 0.6) is 28.7 Å². The Kier molecular flexibility index (Phi) is 10.7. The molecule has 4 aliphatic heterocycles. The van der Waals surface area contributed by atoms with Crippen molar-refractivity contribution >= 4 is 36.0 Å². The lowest BCUT2D eigenvalue weighted by Crippen LogP contribution is -2.69. The fourth-order valence-electron chi connectivity index (χ4n) is 8.60. The number of aromatic hydroxyl groups is 1. The molecule has 2 amide bonds. The highest BCUT2D eigenvalue weighted by molar-refractivity contribution is 7.99. The highest BCUT2D eigenvalue weighted by Gasteiger charge is 2.60. The van der Waals surface area contributed by atoms with Gasteiger partial charge in [-0.05, 0) is 52.3 Å². The molecule has 4 aliphatic rings. The molecule has 0 spiro atoms. The Morgan fingerprint density at radius 2 is 1.85 bits per heavy atom. The van der Waals surface area contributed by atoms with E-state index in [4.69, 9.17) is 23.7 Å². The maximum atomic E-state index is 13.0. The van der Waals surface area contributed by atoms with Gasteiger partial charge in [0.2, 0.25) is 18.6 Å². The standard InChI is InChI=1S/C37H45N5O10S/c1-16-9-22-10-23-24(11-38)42-25(12-49-14-43)27-28(33(52-21(6)45)18(3)34-35(27)51-15-50-34)36(53-13-17(2)39-37(47)19(4)40-20(5)44)30(42)29(41(23)7)26(22)31(46)32(16)48-8/h9,14,17,19,23-25,29-30,36,46H,10,12-13,15H2,1-8H3,(H,39,47)(H,40,44)/t17-,19?,23+,24+,25+,29+,30?,36-/m1/s1. The summed E-state index contributed by atoms with van der Waals surface area (Å²) in [4.78, 5) is 53.5. The van der Waals surface area contributed by atoms with Crippen LogP contribution in [0.4, 0.5) is 0 Å². The number of nitrogens with zero attached hydrogens (tertiary/aromatic N) is 3. The summed E-state index contributed by atoms with van der Waals surface area (Å²) in [5, 5.41) is 27.9. The Morgan fingerprint density at radius 1 is 1.13 bits per heavy atom. The SMILES string of the molecule is COc1c(C)cc2c(c1O)[C@H]1C3[C@H](SC[C@@H](C)NC(=O)C(C)NC(C)=O)c4c(OC(C)=O)c(C)c5c(c4[C@H](COC=O)N3[C@@H](C#N)[C@H](C2)N1C)OCO5. The van der Waals surface area contributed by atoms with Crippen LogP contribution in [0.3, 0.4) is 0 Å². The third-order valence-corrected chi connectivity index (χ3v) is 12.2. The largest absolute Gasteiger partial charge is 0.504 e. The van der Waals surface area contributed by atoms with E-state index >= 15 is 0 Å². The average Bonchev–Trinajstić information content (AvgIpc) is 3.58. The van der Waals surface area contributed by atoms with E-state index in [2.05, 4.69) is 26.5 Å². The van der Waals surface area contributed by atoms with E-state index in [0.717, 1.165) is 11.1 Å². The Morgan fingerprint density at radius 3 is 2.49 bits per heavy atom. The molecule has 8 atom stereocenters. The van der Waals surface area contributed by atoms with Crippen LogP contribution in [0.1, 0.15) is 78.4 Å². The van der Waals surface area contributed by atoms with E-state index < -0.39 is 47.5 Å². The summed E-state index contributed by atoms with van der Waals surface area (Å²) in [6.45, 7) is 9.84. The molecule has 284 valence electrons. The normalized spacial score (nSPS) is 25.0. The lowest BCUT2D eigenvalue weighted by molar-refractivity contribution is -0.134. The number of nitriles is 1. The average molecular weight is 752 g/mol. The number of methoxy groups -OCH3 is 1. The van der Waals surface area contributed by atoms with Gasteiger partial charge in [0.25, 0.3) is 6.47 Å². The molecule has 3 N–H and O–H groups in total. The number of thioether (sulfide) groups is 1. The number of carbonyl (C=O) groups excluding carboxylic acids is 4. The van der Waals surface area contributed by atoms with Gasteiger partial charge in [0, 0.05) is 60.0 Å². The molecule has 0 radical (unpaired) electrons. The maximum absolute atomic E-state index is 13.0. The highest BCUT2D eigenvalue weighted by Crippen LogP contribution is 2.63. The first-order valence-electron chi connectivity index (χ1n) is 17.4. The number of esters is 1. The zero-order chi connectivity index (χ0) is 38.5. The number of likely N-dealkylation sites (N-methyl/N-ethyl adjacent to an activating group) is 1. The molecule has 4 heterocycles. The molecule has 1 saturated heterocycles. The zero-order valence-corrected chi connectivity index (χ0v) is 31.8. The monoisotopic (exact) mass is 751 g/mol. The van der Waals surface area contributed by atoms with Crippen LogP contribution in [0, 0.1) is 25.2 Å². The minimum absolute atomic E-state index is 0.00179. The van der Waals surface area contributed by atoms with Gasteiger partial charge in [-0.25, -0.2) is 0 Å². The van der Waals surface area contributed by atoms with Crippen LogP contribution < -0.4 is 29.6 Å². The number of amides is 2.